The minimum atomic E-state index is -2.68. The number of furan rings is 1. The summed E-state index contributed by atoms with van der Waals surface area (Å²) in [4.78, 5) is 13.3. The molecule has 1 aliphatic carbocycles. The molecular formula is C20H26N2O3S2. The molecule has 4 rings (SSSR count). The van der Waals surface area contributed by atoms with Crippen molar-refractivity contribution in [3.63, 3.8) is 0 Å². The van der Waals surface area contributed by atoms with Crippen LogP contribution in [0.4, 0.5) is 0 Å². The average molecular weight is 407 g/mol. The molecule has 0 radical (unpaired) electrons. The van der Waals surface area contributed by atoms with Gasteiger partial charge < -0.3 is 9.73 Å². The van der Waals surface area contributed by atoms with Crippen LogP contribution in [-0.4, -0.2) is 33.6 Å². The molecule has 1 saturated heterocycles. The number of carbonyl (C=O) groups is 1. The van der Waals surface area contributed by atoms with Gasteiger partial charge in [-0.25, -0.2) is 8.51 Å². The highest BCUT2D eigenvalue weighted by Crippen LogP contribution is 2.30. The molecule has 1 aromatic heterocycles. The van der Waals surface area contributed by atoms with Crippen LogP contribution >= 0.6 is 0 Å². The van der Waals surface area contributed by atoms with Gasteiger partial charge in [0.25, 0.3) is 5.91 Å². The second-order valence-electron chi connectivity index (χ2n) is 7.63. The predicted molar refractivity (Wildman–Crippen MR) is 110 cm³/mol. The van der Waals surface area contributed by atoms with Gasteiger partial charge in [-0.1, -0.05) is 19.3 Å². The zero-order valence-corrected chi connectivity index (χ0v) is 17.3. The van der Waals surface area contributed by atoms with E-state index >= 15 is 0 Å². The normalized spacial score (nSPS) is 21.4. The SMILES string of the molecule is Cc1c(C(=O)NC2CCCC2)oc2ccc(S(=O)(=S)N3CCCCC3)cc12. The van der Waals surface area contributed by atoms with Crippen LogP contribution in [0.5, 0.6) is 0 Å². The van der Waals surface area contributed by atoms with Crippen LogP contribution < -0.4 is 5.32 Å². The zero-order chi connectivity index (χ0) is 19.0. The number of benzene rings is 1. The predicted octanol–water partition coefficient (Wildman–Crippen LogP) is 3.92. The molecule has 1 atom stereocenters. The number of nitrogens with zero attached hydrogens (tertiary/aromatic N) is 1. The third-order valence-corrected chi connectivity index (χ3v) is 8.86. The summed E-state index contributed by atoms with van der Waals surface area (Å²) in [6.07, 6.45) is 7.62. The van der Waals surface area contributed by atoms with Crippen LogP contribution in [-0.2, 0) is 19.9 Å². The Kier molecular flexibility index (Phi) is 5.27. The molecule has 2 heterocycles. The first-order valence-electron chi connectivity index (χ1n) is 9.81. The van der Waals surface area contributed by atoms with E-state index in [1.165, 1.54) is 6.42 Å². The van der Waals surface area contributed by atoms with Crippen molar-refractivity contribution in [3.8, 4) is 0 Å². The Morgan fingerprint density at radius 1 is 1.19 bits per heavy atom. The van der Waals surface area contributed by atoms with Gasteiger partial charge in [-0.3, -0.25) is 4.79 Å². The standard InChI is InChI=1S/C20H26N2O3S2/c1-14-17-13-16(27(24,26)22-11-5-2-6-12-22)9-10-18(17)25-19(14)20(23)21-15-7-3-4-8-15/h9-10,13,15H,2-8,11-12H2,1H3,(H,21,23). The van der Waals surface area contributed by atoms with E-state index in [1.807, 2.05) is 17.3 Å². The van der Waals surface area contributed by atoms with Crippen molar-refractivity contribution < 1.29 is 13.4 Å². The Labute approximate surface area is 165 Å². The lowest BCUT2D eigenvalue weighted by Crippen LogP contribution is -2.34. The first-order chi connectivity index (χ1) is 13.0. The number of carbonyl (C=O) groups excluding carboxylic acids is 1. The number of rotatable bonds is 4. The highest BCUT2D eigenvalue weighted by Gasteiger charge is 2.26. The summed E-state index contributed by atoms with van der Waals surface area (Å²) < 4.78 is 21.1. The molecule has 2 aromatic rings. The van der Waals surface area contributed by atoms with Crippen LogP contribution in [0.1, 0.15) is 61.1 Å². The van der Waals surface area contributed by atoms with Crippen molar-refractivity contribution in [2.75, 3.05) is 13.1 Å². The quantitative estimate of drug-likeness (QED) is 0.836. The van der Waals surface area contributed by atoms with Crippen molar-refractivity contribution in [1.29, 1.82) is 0 Å². The molecule has 0 bridgehead atoms. The smallest absolute Gasteiger partial charge is 0.287 e. The molecule has 1 aromatic carbocycles. The number of nitrogens with one attached hydrogen (secondary N) is 1. The molecule has 7 heteroatoms. The van der Waals surface area contributed by atoms with Gasteiger partial charge in [-0.2, -0.15) is 0 Å². The van der Waals surface area contributed by atoms with E-state index in [0.717, 1.165) is 62.6 Å². The van der Waals surface area contributed by atoms with Crippen LogP contribution in [0.15, 0.2) is 27.5 Å². The van der Waals surface area contributed by atoms with E-state index in [1.54, 1.807) is 12.1 Å². The lowest BCUT2D eigenvalue weighted by molar-refractivity contribution is 0.0911. The topological polar surface area (TPSA) is 62.6 Å². The molecule has 146 valence electrons. The molecule has 2 aliphatic rings. The molecule has 2 fully saturated rings. The summed E-state index contributed by atoms with van der Waals surface area (Å²) in [7, 11) is -2.68. The Hall–Kier alpha value is -1.44. The number of fused-ring (bicyclic) bond motifs is 1. The highest BCUT2D eigenvalue weighted by atomic mass is 32.8. The lowest BCUT2D eigenvalue weighted by Gasteiger charge is -2.28. The number of aryl methyl sites for hydroxylation is 1. The van der Waals surface area contributed by atoms with Crippen LogP contribution in [0, 0.1) is 6.92 Å². The Morgan fingerprint density at radius 2 is 1.89 bits per heavy atom. The van der Waals surface area contributed by atoms with Gasteiger partial charge in [0.15, 0.2) is 5.76 Å². The van der Waals surface area contributed by atoms with Crippen LogP contribution in [0.3, 0.4) is 0 Å². The summed E-state index contributed by atoms with van der Waals surface area (Å²) in [6.45, 7) is 3.44. The van der Waals surface area contributed by atoms with Gasteiger partial charge in [0, 0.05) is 41.3 Å². The summed E-state index contributed by atoms with van der Waals surface area (Å²) in [5.74, 6) is 0.190. The fraction of sp³-hybridized carbons (Fsp3) is 0.550. The fourth-order valence-corrected chi connectivity index (χ4v) is 6.45. The molecular weight excluding hydrogens is 380 g/mol. The van der Waals surface area contributed by atoms with Gasteiger partial charge in [-0.05, 0) is 50.8 Å². The van der Waals surface area contributed by atoms with E-state index in [9.17, 15) is 9.00 Å². The number of piperidine rings is 1. The maximum Gasteiger partial charge on any atom is 0.287 e. The van der Waals surface area contributed by atoms with Gasteiger partial charge in [0.1, 0.15) is 14.3 Å². The lowest BCUT2D eigenvalue weighted by atomic mass is 10.1. The van der Waals surface area contributed by atoms with Crippen molar-refractivity contribution in [1.82, 2.24) is 9.62 Å². The minimum absolute atomic E-state index is 0.160. The highest BCUT2D eigenvalue weighted by molar-refractivity contribution is 8.31. The summed E-state index contributed by atoms with van der Waals surface area (Å²) >= 11 is 5.53. The van der Waals surface area contributed by atoms with Gasteiger partial charge in [0.2, 0.25) is 0 Å². The van der Waals surface area contributed by atoms with E-state index < -0.39 is 8.68 Å². The summed E-state index contributed by atoms with van der Waals surface area (Å²) in [5, 5.41) is 3.89. The van der Waals surface area contributed by atoms with E-state index in [0.29, 0.717) is 16.2 Å². The van der Waals surface area contributed by atoms with E-state index in [2.05, 4.69) is 5.32 Å². The minimum Gasteiger partial charge on any atom is -0.451 e. The molecule has 1 aliphatic heterocycles. The third-order valence-electron chi connectivity index (χ3n) is 5.76. The first kappa shape index (κ1) is 18.9. The number of hydrogen-bond donors (Lipinski definition) is 1. The monoisotopic (exact) mass is 406 g/mol. The summed E-state index contributed by atoms with van der Waals surface area (Å²) in [5.41, 5.74) is 1.42. The van der Waals surface area contributed by atoms with Crippen molar-refractivity contribution >= 4 is 36.7 Å². The van der Waals surface area contributed by atoms with E-state index in [4.69, 9.17) is 15.6 Å². The van der Waals surface area contributed by atoms with Crippen molar-refractivity contribution in [2.45, 2.75) is 62.8 Å². The summed E-state index contributed by atoms with van der Waals surface area (Å²) in [6, 6.07) is 5.67. The largest absolute Gasteiger partial charge is 0.451 e. The molecule has 5 nitrogen and oxygen atoms in total. The number of hydrogen-bond acceptors (Lipinski definition) is 4. The van der Waals surface area contributed by atoms with Crippen LogP contribution in [0.2, 0.25) is 0 Å². The molecule has 1 amide bonds. The van der Waals surface area contributed by atoms with Crippen LogP contribution in [0.25, 0.3) is 11.0 Å². The average Bonchev–Trinajstić information content (AvgIpc) is 3.30. The fourth-order valence-electron chi connectivity index (χ4n) is 4.15. The second-order valence-corrected chi connectivity index (χ2v) is 10.9. The molecule has 27 heavy (non-hydrogen) atoms. The molecule has 1 saturated carbocycles. The maximum absolute atomic E-state index is 13.3. The number of amides is 1. The first-order valence-corrected chi connectivity index (χ1v) is 12.2. The Bertz CT molecular complexity index is 953. The molecule has 0 spiro atoms. The van der Waals surface area contributed by atoms with Gasteiger partial charge >= 0.3 is 0 Å². The Morgan fingerprint density at radius 3 is 2.59 bits per heavy atom. The Balaban J connectivity index is 1.64. The van der Waals surface area contributed by atoms with Crippen molar-refractivity contribution in [3.05, 3.63) is 29.5 Å². The van der Waals surface area contributed by atoms with Crippen molar-refractivity contribution in [2.24, 2.45) is 0 Å². The maximum atomic E-state index is 13.3. The third kappa shape index (κ3) is 3.65. The van der Waals surface area contributed by atoms with Gasteiger partial charge in [0.05, 0.1) is 4.90 Å². The van der Waals surface area contributed by atoms with E-state index in [-0.39, 0.29) is 11.9 Å². The molecule has 1 unspecified atom stereocenters. The van der Waals surface area contributed by atoms with Gasteiger partial charge in [-0.15, -0.1) is 0 Å². The zero-order valence-electron chi connectivity index (χ0n) is 15.7. The second kappa shape index (κ2) is 7.53. The molecule has 1 N–H and O–H groups in total.